The van der Waals surface area contributed by atoms with Gasteiger partial charge < -0.3 is 117 Å². The quantitative estimate of drug-likeness (QED) is 0.0109. The van der Waals surface area contributed by atoms with Crippen LogP contribution in [-0.4, -0.2) is 312 Å². The lowest BCUT2D eigenvalue weighted by Crippen LogP contribution is -2.45. The van der Waals surface area contributed by atoms with Crippen molar-refractivity contribution in [3.63, 3.8) is 0 Å². The van der Waals surface area contributed by atoms with Gasteiger partial charge in [0.1, 0.15) is 27.2 Å². The number of aliphatic hydroxyl groups is 4. The molecule has 8 N–H and O–H groups in total. The number of carbonyl (C=O) groups excluding carboxylic acids is 4. The Balaban J connectivity index is -0.000000110. The predicted molar refractivity (Wildman–Crippen MR) is 604 cm³/mol. The molecular weight excluding hydrogens is 2000 g/mol. The van der Waals surface area contributed by atoms with Crippen LogP contribution in [0.3, 0.4) is 0 Å². The van der Waals surface area contributed by atoms with Gasteiger partial charge in [0, 0.05) is 146 Å². The van der Waals surface area contributed by atoms with Crippen LogP contribution in [0, 0.1) is 22.7 Å². The highest BCUT2D eigenvalue weighted by Crippen LogP contribution is 2.37. The van der Waals surface area contributed by atoms with E-state index in [9.17, 15) is 5.11 Å². The van der Waals surface area contributed by atoms with E-state index >= 15 is 0 Å². The van der Waals surface area contributed by atoms with E-state index in [1.807, 2.05) is 86.7 Å². The van der Waals surface area contributed by atoms with E-state index in [1.54, 1.807) is 69.8 Å². The molecule has 1 atom stereocenters. The number of aliphatic hydroxyl groups excluding tert-OH is 4. The molecule has 0 aliphatic carbocycles. The highest BCUT2D eigenvalue weighted by Gasteiger charge is 2.37. The zero-order valence-electron chi connectivity index (χ0n) is 87.8. The summed E-state index contributed by atoms with van der Waals surface area (Å²) in [7, 11) is -4.46. The number of pyridine rings is 1. The topological polar surface area (TPSA) is 400 Å². The molecule has 0 radical (unpaired) electrons. The van der Waals surface area contributed by atoms with Crippen molar-refractivity contribution in [1.82, 2.24) is 4.98 Å². The molecule has 3 aromatic rings. The van der Waals surface area contributed by atoms with Gasteiger partial charge in [0.15, 0.2) is 33.3 Å². The van der Waals surface area contributed by atoms with E-state index in [-0.39, 0.29) is 40.3 Å². The first-order chi connectivity index (χ1) is 62.8. The molecule has 0 bridgehead atoms. The van der Waals surface area contributed by atoms with Crippen LogP contribution >= 0.6 is 65.8 Å². The van der Waals surface area contributed by atoms with Crippen molar-refractivity contribution in [3.8, 4) is 12.1 Å². The molecule has 0 fully saturated rings. The minimum absolute atomic E-state index is 0. The van der Waals surface area contributed by atoms with Gasteiger partial charge in [0.05, 0.1) is 37.1 Å². The SMILES string of the molecule is C.C=O.C=O.C=O.C=O.CCO[Si](C)(C)CCCN.CCO[Si](C)(C)CS.CCO[Si](C)(CCCC#N)OCC.CCO[Si](C)(CCP(c1ccccc1)c1ccccc1)OCC.CCO[Si](C)(CO)CS.CO[Si](C)(C)CCCC#N.CO[Si](C)(C)CCCS.CO[Si](CO)(CCCN)OC.CO[Si](CO)(CCCS)OC.CO[Si](CO)(CCc1ccccn1)OC.[2H]C(C)(C)P=S. The van der Waals surface area contributed by atoms with E-state index in [0.717, 1.165) is 138 Å². The zero-order chi connectivity index (χ0) is 106. The Labute approximate surface area is 853 Å². The number of hydrogen-bond donors (Lipinski definition) is 10. The number of carbonyl (C=O) groups is 4. The summed E-state index contributed by atoms with van der Waals surface area (Å²) in [6, 6.07) is 39.5. The lowest BCUT2D eigenvalue weighted by atomic mass is 10.3. The summed E-state index contributed by atoms with van der Waals surface area (Å²) in [5.74, 6) is 1.79. The lowest BCUT2D eigenvalue weighted by Gasteiger charge is -2.28. The van der Waals surface area contributed by atoms with E-state index in [0.29, 0.717) is 50.6 Å². The molecule has 1 aromatic heterocycles. The number of benzene rings is 2. The molecule has 0 amide bonds. The Morgan fingerprint density at radius 2 is 0.737 bits per heavy atom. The summed E-state index contributed by atoms with van der Waals surface area (Å²) in [6.45, 7) is 56.2. The Morgan fingerprint density at radius 1 is 0.429 bits per heavy atom. The molecule has 0 saturated heterocycles. The van der Waals surface area contributed by atoms with E-state index in [4.69, 9.17) is 124 Å². The molecule has 1 heterocycles. The molecule has 0 saturated carbocycles. The van der Waals surface area contributed by atoms with Gasteiger partial charge in [-0.1, -0.05) is 99.8 Å². The summed E-state index contributed by atoms with van der Waals surface area (Å²) in [4.78, 5) is 36.2. The minimum Gasteiger partial charge on any atom is -0.420 e. The van der Waals surface area contributed by atoms with Crippen molar-refractivity contribution in [1.29, 1.82) is 10.5 Å². The molecule has 0 aliphatic rings. The third-order valence-electron chi connectivity index (χ3n) is 18.5. The number of rotatable bonds is 55. The smallest absolute Gasteiger partial charge is 0.364 e. The number of hydrogen-bond acceptors (Lipinski definition) is 33. The van der Waals surface area contributed by atoms with Gasteiger partial charge in [0.2, 0.25) is 8.32 Å². The molecule has 1 unspecified atom stereocenters. The molecule has 133 heavy (non-hydrogen) atoms. The first kappa shape index (κ1) is 157. The summed E-state index contributed by atoms with van der Waals surface area (Å²) in [5, 5.41) is 57.1. The monoisotopic (exact) mass is 2190 g/mol. The average Bonchev–Trinajstić information content (AvgIpc) is 0.836. The standard InChI is InChI=1S/C19H27O2PSi.C10H17NO3Si.C9H19NO2Si.C7H15NOSi.C7H19NOSi.C6H17NO3Si.C6H16O3SSi.C6H16OSSi.C5H14O2SSi.C5H14OSSi.C3H7PS.4CH2O.CH4/c1-4-20-23(3,21-5-2)17-16-22(18-12-8-6-9-13-18)19-14-10-7-11-15-19;1-13-15(9-12,14-2)8-6-10-5-3-4-7-11-10;1-4-11-13(3,12-5-2)9-7-6-8-10;1-9-10(2,3)7-5-4-6-8;1-4-9-10(2,3)7-5-6-8;1-9-11(6-8,10-2)5-3-4-7;1-8-11(6-7,9-2)5-3-4-10;1-7-9(2,3)6-4-5-8;1-3-7-9(2,4-6)5-8;1-4-6-8(2,3)5-7;1-3(2)4-5;4*1-2;/h6-15H,4-5,16-17H2,1-3H3;3-5,7,12H,6,8-9H2,1-2H3;4-7,9H2,1-3H3;4-5,7H2,1-3H3;4-8H2,1-3H3;8H,3-7H2,1-2H3;7,10H,3-6H2,1-2H3;8H,4-6H2,1-3H3;6,8H,3-5H2,1-2H3;7H,4-5H2,1-3H3;3H,1-2H3;4*1H2;1H4/i;;;;;;;;;;3D;;;;;. The maximum Gasteiger partial charge on any atom is 0.364 e. The molecule has 45 heteroatoms. The maximum atomic E-state index is 9.25. The second-order valence-corrected chi connectivity index (χ2v) is 75.9. The van der Waals surface area contributed by atoms with Crippen molar-refractivity contribution in [2.24, 2.45) is 11.5 Å². The van der Waals surface area contributed by atoms with Crippen molar-refractivity contribution in [3.05, 3.63) is 90.8 Å². The van der Waals surface area contributed by atoms with E-state index < -0.39 is 90.0 Å². The average molecular weight is 2190 g/mol. The zero-order valence-corrected chi connectivity index (χ0v) is 103. The van der Waals surface area contributed by atoms with Crippen molar-refractivity contribution in [2.45, 2.75) is 254 Å². The van der Waals surface area contributed by atoms with Gasteiger partial charge in [-0.25, -0.2) is 0 Å². The van der Waals surface area contributed by atoms with Gasteiger partial charge >= 0.3 is 42.8 Å². The molecule has 2 aromatic carbocycles. The van der Waals surface area contributed by atoms with Crippen LogP contribution in [0.1, 0.15) is 128 Å². The van der Waals surface area contributed by atoms with Crippen LogP contribution in [-0.2, 0) is 104 Å². The maximum absolute atomic E-state index is 9.25. The molecule has 28 nitrogen and oxygen atoms in total. The molecular formula is C88H193N5O23P2S5Si10. The van der Waals surface area contributed by atoms with Crippen molar-refractivity contribution < 1.29 is 107 Å². The summed E-state index contributed by atoms with van der Waals surface area (Å²) in [5.41, 5.74) is 11.3. The van der Waals surface area contributed by atoms with E-state index in [2.05, 4.69) is 226 Å². The Bertz CT molecular complexity index is 2900. The highest BCUT2D eigenvalue weighted by atomic mass is 32.4. The molecule has 3 rings (SSSR count). The fraction of sp³-hybridized carbons (Fsp3) is 0.739. The number of nitriles is 2. The molecule has 0 spiro atoms. The predicted octanol–water partition coefficient (Wildman–Crippen LogP) is 17.6. The normalized spacial score (nSPS) is 11.6. The van der Waals surface area contributed by atoms with Gasteiger partial charge in [0.25, 0.3) is 0 Å². The number of thiol groups is 4. The van der Waals surface area contributed by atoms with Gasteiger partial charge in [-0.3, -0.25) is 4.98 Å². The first-order valence-electron chi connectivity index (χ1n) is 45.0. The fourth-order valence-electron chi connectivity index (χ4n) is 10.3. The largest absolute Gasteiger partial charge is 0.420 e. The van der Waals surface area contributed by atoms with Crippen LogP contribution in [0.25, 0.3) is 0 Å². The summed E-state index contributed by atoms with van der Waals surface area (Å²) < 4.78 is 88.6. The third kappa shape index (κ3) is 101. The number of unbranched alkanes of at least 4 members (excludes halogenated alkanes) is 2. The molecule has 0 aliphatic heterocycles. The number of nitrogens with two attached hydrogens (primary N) is 2. The van der Waals surface area contributed by atoms with Crippen molar-refractivity contribution in [2.75, 3.05) is 170 Å². The van der Waals surface area contributed by atoms with E-state index in [1.165, 1.54) is 29.1 Å². The van der Waals surface area contributed by atoms with Crippen LogP contribution in [0.5, 0.6) is 0 Å². The van der Waals surface area contributed by atoms with Crippen LogP contribution < -0.4 is 22.1 Å². The van der Waals surface area contributed by atoms with Gasteiger partial charge in [-0.2, -0.15) is 61.0 Å². The second-order valence-electron chi connectivity index (χ2n) is 31.0. The lowest BCUT2D eigenvalue weighted by molar-refractivity contribution is -0.0987. The Kier molecular flexibility index (Phi) is 130. The van der Waals surface area contributed by atoms with Gasteiger partial charge in [-0.05, 0) is 283 Å². The number of aryl methyl sites for hydroxylation is 1. The number of nitrogens with zero attached hydrogens (tertiary/aromatic N) is 3. The summed E-state index contributed by atoms with van der Waals surface area (Å²) >= 11 is 21.1. The fourth-order valence-corrected chi connectivity index (χ4v) is 31.8. The van der Waals surface area contributed by atoms with Gasteiger partial charge in [-0.15, -0.1) is 0 Å². The minimum atomic E-state index is -2.38. The highest BCUT2D eigenvalue weighted by molar-refractivity contribution is 7.96. The van der Waals surface area contributed by atoms with Crippen LogP contribution in [0.4, 0.5) is 0 Å². The summed E-state index contributed by atoms with van der Waals surface area (Å²) in [6.07, 6.45) is 11.0. The van der Waals surface area contributed by atoms with Crippen LogP contribution in [0.2, 0.25) is 120 Å². The molecule has 788 valence electrons. The first-order valence-corrected chi connectivity index (χ1v) is 77.5. The third-order valence-corrected chi connectivity index (χ3v) is 55.0. The second kappa shape index (κ2) is 110. The number of aromatic nitrogens is 1. The van der Waals surface area contributed by atoms with Crippen molar-refractivity contribution >= 4 is 200 Å². The Hall–Kier alpha value is -1.07. The Morgan fingerprint density at radius 3 is 1.01 bits per heavy atom. The van der Waals surface area contributed by atoms with Crippen LogP contribution in [0.15, 0.2) is 85.1 Å².